The summed E-state index contributed by atoms with van der Waals surface area (Å²) in [5.74, 6) is 0.471. The number of ether oxygens (including phenoxy) is 1. The molecule has 1 fully saturated rings. The monoisotopic (exact) mass is 511 g/mol. The number of aromatic nitrogens is 1. The van der Waals surface area contributed by atoms with Crippen LogP contribution in [-0.2, 0) is 4.79 Å². The van der Waals surface area contributed by atoms with Crippen molar-refractivity contribution in [3.05, 3.63) is 113 Å². The van der Waals surface area contributed by atoms with Gasteiger partial charge in [0.2, 0.25) is 5.91 Å². The Morgan fingerprint density at radius 3 is 2.30 bits per heavy atom. The summed E-state index contributed by atoms with van der Waals surface area (Å²) in [5, 5.41) is 0.570. The van der Waals surface area contributed by atoms with Crippen LogP contribution in [0.4, 0.5) is 5.69 Å². The number of amides is 2. The van der Waals surface area contributed by atoms with Crippen molar-refractivity contribution < 1.29 is 14.3 Å². The van der Waals surface area contributed by atoms with Gasteiger partial charge in [-0.15, -0.1) is 0 Å². The summed E-state index contributed by atoms with van der Waals surface area (Å²) in [6.45, 7) is -0.00613. The first-order valence-electron chi connectivity index (χ1n) is 12.3. The van der Waals surface area contributed by atoms with Gasteiger partial charge in [-0.1, -0.05) is 35.9 Å². The second-order valence-electron chi connectivity index (χ2n) is 9.40. The molecule has 186 valence electrons. The predicted octanol–water partition coefficient (Wildman–Crippen LogP) is 5.88. The van der Waals surface area contributed by atoms with E-state index in [2.05, 4.69) is 4.57 Å². The molecule has 2 heterocycles. The zero-order valence-corrected chi connectivity index (χ0v) is 21.1. The van der Waals surface area contributed by atoms with Crippen LogP contribution in [0.15, 0.2) is 91.1 Å². The molecule has 3 aromatic carbocycles. The molecule has 2 amide bonds. The van der Waals surface area contributed by atoms with Crippen molar-refractivity contribution in [2.24, 2.45) is 0 Å². The summed E-state index contributed by atoms with van der Waals surface area (Å²) < 4.78 is 7.50. The molecule has 1 aliphatic carbocycles. The molecule has 6 nitrogen and oxygen atoms in total. The van der Waals surface area contributed by atoms with E-state index in [0.717, 1.165) is 41.2 Å². The van der Waals surface area contributed by atoms with Gasteiger partial charge in [-0.3, -0.25) is 14.5 Å². The quantitative estimate of drug-likeness (QED) is 0.325. The third kappa shape index (κ3) is 4.27. The van der Waals surface area contributed by atoms with Crippen LogP contribution < -0.4 is 9.64 Å². The highest BCUT2D eigenvalue weighted by atomic mass is 35.5. The number of carbonyl (C=O) groups is 2. The smallest absolute Gasteiger partial charge is 0.254 e. The van der Waals surface area contributed by atoms with Gasteiger partial charge < -0.3 is 14.2 Å². The summed E-state index contributed by atoms with van der Waals surface area (Å²) in [6.07, 6.45) is 3.81. The molecule has 0 N–H and O–H groups in total. The lowest BCUT2D eigenvalue weighted by Crippen LogP contribution is -2.47. The maximum absolute atomic E-state index is 14.2. The van der Waals surface area contributed by atoms with E-state index in [1.807, 2.05) is 71.8 Å². The average molecular weight is 512 g/mol. The molecule has 1 unspecified atom stereocenters. The first-order chi connectivity index (χ1) is 18.0. The lowest BCUT2D eigenvalue weighted by molar-refractivity contribution is -0.119. The molecule has 1 atom stereocenters. The fourth-order valence-electron chi connectivity index (χ4n) is 5.10. The standard InChI is InChI=1S/C30H26ClN3O3/c1-37-24-16-10-20(11-17-24)29-27-7-4-18-32(27)25-5-2-3-6-26(25)34(29)28(35)19-33(23-14-15-23)30(36)21-8-12-22(31)13-9-21/h2-13,16-18,23,29H,14-15,19H2,1H3. The lowest BCUT2D eigenvalue weighted by Gasteiger charge is -2.39. The summed E-state index contributed by atoms with van der Waals surface area (Å²) in [5.41, 5.74) is 4.22. The van der Waals surface area contributed by atoms with Crippen LogP contribution >= 0.6 is 11.6 Å². The Labute approximate surface area is 220 Å². The molecule has 0 bridgehead atoms. The van der Waals surface area contributed by atoms with Crippen molar-refractivity contribution in [3.8, 4) is 11.4 Å². The van der Waals surface area contributed by atoms with E-state index in [1.165, 1.54) is 0 Å². The molecule has 4 aromatic rings. The fraction of sp³-hybridized carbons (Fsp3) is 0.200. The van der Waals surface area contributed by atoms with Crippen molar-refractivity contribution in [1.29, 1.82) is 0 Å². The maximum Gasteiger partial charge on any atom is 0.254 e. The molecule has 0 spiro atoms. The second-order valence-corrected chi connectivity index (χ2v) is 9.84. The van der Waals surface area contributed by atoms with Crippen molar-refractivity contribution in [3.63, 3.8) is 0 Å². The summed E-state index contributed by atoms with van der Waals surface area (Å²) in [4.78, 5) is 31.2. The van der Waals surface area contributed by atoms with E-state index in [9.17, 15) is 9.59 Å². The minimum Gasteiger partial charge on any atom is -0.497 e. The SMILES string of the molecule is COc1ccc(C2c3cccn3-c3ccccc3N2C(=O)CN(C(=O)c2ccc(Cl)cc2)C2CC2)cc1. The fourth-order valence-corrected chi connectivity index (χ4v) is 5.22. The van der Waals surface area contributed by atoms with Crippen LogP contribution in [0.25, 0.3) is 5.69 Å². The Kier molecular flexibility index (Phi) is 5.97. The van der Waals surface area contributed by atoms with Gasteiger partial charge in [-0.25, -0.2) is 0 Å². The highest BCUT2D eigenvalue weighted by molar-refractivity contribution is 6.30. The topological polar surface area (TPSA) is 54.8 Å². The number of hydrogen-bond donors (Lipinski definition) is 0. The van der Waals surface area contributed by atoms with Gasteiger partial charge in [0.15, 0.2) is 0 Å². The third-order valence-electron chi connectivity index (χ3n) is 7.06. The molecule has 0 radical (unpaired) electrons. The minimum absolute atomic E-state index is 0.00613. The van der Waals surface area contributed by atoms with E-state index < -0.39 is 0 Å². The van der Waals surface area contributed by atoms with Crippen molar-refractivity contribution >= 4 is 29.1 Å². The van der Waals surface area contributed by atoms with E-state index in [0.29, 0.717) is 10.6 Å². The van der Waals surface area contributed by atoms with E-state index in [-0.39, 0.29) is 30.4 Å². The molecule has 7 heteroatoms. The molecular weight excluding hydrogens is 486 g/mol. The van der Waals surface area contributed by atoms with Gasteiger partial charge in [0.1, 0.15) is 18.3 Å². The predicted molar refractivity (Wildman–Crippen MR) is 144 cm³/mol. The van der Waals surface area contributed by atoms with Gasteiger partial charge in [0.25, 0.3) is 5.91 Å². The van der Waals surface area contributed by atoms with Gasteiger partial charge in [-0.05, 0) is 79.1 Å². The molecule has 1 aromatic heterocycles. The Morgan fingerprint density at radius 2 is 1.62 bits per heavy atom. The molecular formula is C30H26ClN3O3. The van der Waals surface area contributed by atoms with Crippen molar-refractivity contribution in [2.75, 3.05) is 18.6 Å². The molecule has 6 rings (SSSR count). The van der Waals surface area contributed by atoms with Gasteiger partial charge >= 0.3 is 0 Å². The summed E-state index contributed by atoms with van der Waals surface area (Å²) in [7, 11) is 1.64. The van der Waals surface area contributed by atoms with E-state index in [1.54, 1.807) is 36.3 Å². The molecule has 1 saturated carbocycles. The molecule has 2 aliphatic rings. The number of benzene rings is 3. The normalized spacial score (nSPS) is 16.1. The van der Waals surface area contributed by atoms with Gasteiger partial charge in [-0.2, -0.15) is 0 Å². The molecule has 37 heavy (non-hydrogen) atoms. The van der Waals surface area contributed by atoms with E-state index >= 15 is 0 Å². The zero-order chi connectivity index (χ0) is 25.5. The Bertz CT molecular complexity index is 1460. The van der Waals surface area contributed by atoms with Crippen LogP contribution in [0.5, 0.6) is 5.75 Å². The number of nitrogens with zero attached hydrogens (tertiary/aromatic N) is 3. The highest BCUT2D eigenvalue weighted by Crippen LogP contribution is 2.43. The zero-order valence-electron chi connectivity index (χ0n) is 20.4. The molecule has 0 saturated heterocycles. The largest absolute Gasteiger partial charge is 0.497 e. The maximum atomic E-state index is 14.2. The number of fused-ring (bicyclic) bond motifs is 3. The van der Waals surface area contributed by atoms with Crippen LogP contribution in [0.2, 0.25) is 5.02 Å². The average Bonchev–Trinajstić information content (AvgIpc) is 3.66. The number of hydrogen-bond acceptors (Lipinski definition) is 3. The Hall–Kier alpha value is -4.03. The summed E-state index contributed by atoms with van der Waals surface area (Å²) >= 11 is 6.03. The van der Waals surface area contributed by atoms with Crippen LogP contribution in [-0.4, -0.2) is 41.0 Å². The number of methoxy groups -OCH3 is 1. The Balaban J connectivity index is 1.40. The Morgan fingerprint density at radius 1 is 0.919 bits per heavy atom. The van der Waals surface area contributed by atoms with Crippen molar-refractivity contribution in [1.82, 2.24) is 9.47 Å². The first-order valence-corrected chi connectivity index (χ1v) is 12.7. The van der Waals surface area contributed by atoms with E-state index in [4.69, 9.17) is 16.3 Å². The van der Waals surface area contributed by atoms with Crippen LogP contribution in [0, 0.1) is 0 Å². The number of rotatable bonds is 6. The lowest BCUT2D eigenvalue weighted by atomic mass is 9.97. The van der Waals surface area contributed by atoms with Gasteiger partial charge in [0, 0.05) is 22.8 Å². The number of carbonyl (C=O) groups excluding carboxylic acids is 2. The minimum atomic E-state index is -0.352. The molecule has 1 aliphatic heterocycles. The van der Waals surface area contributed by atoms with Crippen LogP contribution in [0.3, 0.4) is 0 Å². The second kappa shape index (κ2) is 9.45. The van der Waals surface area contributed by atoms with Gasteiger partial charge in [0.05, 0.1) is 24.2 Å². The number of halogens is 1. The van der Waals surface area contributed by atoms with Crippen molar-refractivity contribution in [2.45, 2.75) is 24.9 Å². The first kappa shape index (κ1) is 23.4. The van der Waals surface area contributed by atoms with Crippen LogP contribution in [0.1, 0.15) is 40.5 Å². The third-order valence-corrected chi connectivity index (χ3v) is 7.32. The summed E-state index contributed by atoms with van der Waals surface area (Å²) in [6, 6.07) is 26.3. The number of para-hydroxylation sites is 2. The highest BCUT2D eigenvalue weighted by Gasteiger charge is 2.40. The number of anilines is 1.